The van der Waals surface area contributed by atoms with Gasteiger partial charge in [-0.15, -0.1) is 24.0 Å². The largest absolute Gasteiger partial charge is 0.489 e. The van der Waals surface area contributed by atoms with Crippen LogP contribution in [0.15, 0.2) is 29.3 Å². The molecule has 0 saturated carbocycles. The highest BCUT2D eigenvalue weighted by molar-refractivity contribution is 14.0. The normalized spacial score (nSPS) is 19.7. The summed E-state index contributed by atoms with van der Waals surface area (Å²) >= 11 is 0. The number of rotatable bonds is 5. The van der Waals surface area contributed by atoms with Gasteiger partial charge in [0.05, 0.1) is 17.0 Å². The van der Waals surface area contributed by atoms with Gasteiger partial charge in [-0.25, -0.2) is 17.8 Å². The van der Waals surface area contributed by atoms with E-state index < -0.39 is 14.6 Å². The van der Waals surface area contributed by atoms with E-state index in [1.165, 1.54) is 12.1 Å². The van der Waals surface area contributed by atoms with Crippen molar-refractivity contribution in [3.63, 3.8) is 0 Å². The molecule has 1 atom stereocenters. The number of benzene rings is 1. The van der Waals surface area contributed by atoms with Crippen molar-refractivity contribution < 1.29 is 17.5 Å². The molecule has 0 amide bonds. The molecule has 6 nitrogen and oxygen atoms in total. The third-order valence-corrected chi connectivity index (χ3v) is 6.84. The van der Waals surface area contributed by atoms with Crippen molar-refractivity contribution in [3.05, 3.63) is 30.1 Å². The molecule has 1 aromatic rings. The monoisotopic (exact) mass is 513 g/mol. The SMILES string of the molecule is CCNC(=NCC(C)Oc1cccc(F)c1)N1CCS(=O)(=O)C(C)(C)C1.I. The lowest BCUT2D eigenvalue weighted by molar-refractivity contribution is 0.228. The zero-order valence-electron chi connectivity index (χ0n) is 16.2. The summed E-state index contributed by atoms with van der Waals surface area (Å²) in [5.74, 6) is 0.899. The molecule has 1 saturated heterocycles. The number of ether oxygens (including phenoxy) is 1. The number of hydrogen-bond donors (Lipinski definition) is 1. The van der Waals surface area contributed by atoms with E-state index in [0.717, 1.165) is 0 Å². The van der Waals surface area contributed by atoms with Crippen molar-refractivity contribution in [1.29, 1.82) is 0 Å². The first-order valence-corrected chi connectivity index (χ1v) is 10.5. The molecule has 1 unspecified atom stereocenters. The van der Waals surface area contributed by atoms with Gasteiger partial charge >= 0.3 is 0 Å². The van der Waals surface area contributed by atoms with Gasteiger partial charge in [-0.1, -0.05) is 6.07 Å². The number of nitrogens with one attached hydrogen (secondary N) is 1. The van der Waals surface area contributed by atoms with E-state index in [9.17, 15) is 12.8 Å². The van der Waals surface area contributed by atoms with Crippen molar-refractivity contribution in [2.75, 3.05) is 31.9 Å². The zero-order valence-corrected chi connectivity index (χ0v) is 19.4. The molecule has 1 aliphatic heterocycles. The van der Waals surface area contributed by atoms with Crippen molar-refractivity contribution in [3.8, 4) is 5.75 Å². The Hall–Kier alpha value is -1.10. The van der Waals surface area contributed by atoms with Gasteiger partial charge < -0.3 is 15.0 Å². The summed E-state index contributed by atoms with van der Waals surface area (Å²) in [5, 5.41) is 3.21. The van der Waals surface area contributed by atoms with Crippen LogP contribution >= 0.6 is 24.0 Å². The minimum absolute atomic E-state index is 0. The highest BCUT2D eigenvalue weighted by Gasteiger charge is 2.40. The summed E-state index contributed by atoms with van der Waals surface area (Å²) in [5.41, 5.74) is 0. The molecule has 0 aromatic heterocycles. The van der Waals surface area contributed by atoms with Crippen LogP contribution in [0.1, 0.15) is 27.7 Å². The second kappa shape index (κ2) is 9.90. The van der Waals surface area contributed by atoms with Crippen LogP contribution in [-0.2, 0) is 9.84 Å². The fraction of sp³-hybridized carbons (Fsp3) is 0.611. The first-order valence-electron chi connectivity index (χ1n) is 8.82. The Labute approximate surface area is 178 Å². The van der Waals surface area contributed by atoms with Gasteiger partial charge in [-0.3, -0.25) is 0 Å². The van der Waals surface area contributed by atoms with E-state index in [2.05, 4.69) is 10.3 Å². The Kier molecular flexibility index (Phi) is 8.78. The molecule has 1 heterocycles. The lowest BCUT2D eigenvalue weighted by Crippen LogP contribution is -2.57. The number of nitrogens with zero attached hydrogens (tertiary/aromatic N) is 2. The highest BCUT2D eigenvalue weighted by Crippen LogP contribution is 2.23. The van der Waals surface area contributed by atoms with Gasteiger partial charge in [0.2, 0.25) is 0 Å². The molecule has 27 heavy (non-hydrogen) atoms. The summed E-state index contributed by atoms with van der Waals surface area (Å²) < 4.78 is 42.5. The van der Waals surface area contributed by atoms with E-state index in [-0.39, 0.29) is 41.7 Å². The molecule has 1 aromatic carbocycles. The predicted molar refractivity (Wildman–Crippen MR) is 117 cm³/mol. The van der Waals surface area contributed by atoms with Gasteiger partial charge in [-0.05, 0) is 39.8 Å². The van der Waals surface area contributed by atoms with Crippen LogP contribution < -0.4 is 10.1 Å². The molecule has 1 N–H and O–H groups in total. The maximum atomic E-state index is 13.2. The highest BCUT2D eigenvalue weighted by atomic mass is 127. The maximum Gasteiger partial charge on any atom is 0.194 e. The number of aliphatic imine (C=N–C) groups is 1. The van der Waals surface area contributed by atoms with Crippen LogP contribution in [0.4, 0.5) is 4.39 Å². The van der Waals surface area contributed by atoms with Crippen LogP contribution in [0.3, 0.4) is 0 Å². The Balaban J connectivity index is 0.00000364. The molecule has 9 heteroatoms. The Morgan fingerprint density at radius 1 is 1.44 bits per heavy atom. The summed E-state index contributed by atoms with van der Waals surface area (Å²) in [6.45, 7) is 9.18. The topological polar surface area (TPSA) is 71.0 Å². The van der Waals surface area contributed by atoms with E-state index in [1.807, 2.05) is 18.7 Å². The summed E-state index contributed by atoms with van der Waals surface area (Å²) in [7, 11) is -3.10. The number of halogens is 2. The van der Waals surface area contributed by atoms with E-state index in [1.54, 1.807) is 26.0 Å². The van der Waals surface area contributed by atoms with Crippen molar-refractivity contribution >= 4 is 39.8 Å². The van der Waals surface area contributed by atoms with Gasteiger partial charge in [-0.2, -0.15) is 0 Å². The molecule has 1 aliphatic rings. The van der Waals surface area contributed by atoms with E-state index >= 15 is 0 Å². The molecule has 1 fully saturated rings. The van der Waals surface area contributed by atoms with Crippen molar-refractivity contribution in [2.45, 2.75) is 38.5 Å². The quantitative estimate of drug-likeness (QED) is 0.373. The third kappa shape index (κ3) is 6.48. The van der Waals surface area contributed by atoms with Crippen molar-refractivity contribution in [2.24, 2.45) is 4.99 Å². The molecule has 154 valence electrons. The molecule has 0 bridgehead atoms. The molecule has 0 spiro atoms. The molecular formula is C18H29FIN3O3S. The molecule has 2 rings (SSSR count). The first-order chi connectivity index (χ1) is 12.1. The molecule has 0 aliphatic carbocycles. The number of sulfone groups is 1. The predicted octanol–water partition coefficient (Wildman–Crippen LogP) is 2.69. The molecular weight excluding hydrogens is 484 g/mol. The fourth-order valence-corrected chi connectivity index (χ4v) is 4.14. The van der Waals surface area contributed by atoms with Crippen LogP contribution in [-0.4, -0.2) is 62.1 Å². The molecule has 0 radical (unpaired) electrons. The van der Waals surface area contributed by atoms with Gasteiger partial charge in [0.1, 0.15) is 17.7 Å². The summed E-state index contributed by atoms with van der Waals surface area (Å²) in [6.07, 6.45) is -0.244. The first kappa shape index (κ1) is 23.9. The van der Waals surface area contributed by atoms with Crippen molar-refractivity contribution in [1.82, 2.24) is 10.2 Å². The Bertz CT molecular complexity index is 756. The van der Waals surface area contributed by atoms with Gasteiger partial charge in [0, 0.05) is 25.7 Å². The third-order valence-electron chi connectivity index (χ3n) is 4.31. The van der Waals surface area contributed by atoms with Crippen LogP contribution in [0, 0.1) is 5.82 Å². The lowest BCUT2D eigenvalue weighted by atomic mass is 10.2. The average molecular weight is 513 g/mol. The Morgan fingerprint density at radius 2 is 2.15 bits per heavy atom. The summed E-state index contributed by atoms with van der Waals surface area (Å²) in [4.78, 5) is 6.56. The minimum Gasteiger partial charge on any atom is -0.489 e. The minimum atomic E-state index is -3.10. The summed E-state index contributed by atoms with van der Waals surface area (Å²) in [6, 6.07) is 6.00. The van der Waals surface area contributed by atoms with E-state index in [4.69, 9.17) is 4.74 Å². The second-order valence-corrected chi connectivity index (χ2v) is 9.82. The Morgan fingerprint density at radius 3 is 2.74 bits per heavy atom. The van der Waals surface area contributed by atoms with Gasteiger partial charge in [0.25, 0.3) is 0 Å². The average Bonchev–Trinajstić information content (AvgIpc) is 2.54. The number of guanidine groups is 1. The van der Waals surface area contributed by atoms with Crippen LogP contribution in [0.5, 0.6) is 5.75 Å². The van der Waals surface area contributed by atoms with Gasteiger partial charge in [0.15, 0.2) is 15.8 Å². The smallest absolute Gasteiger partial charge is 0.194 e. The second-order valence-electron chi connectivity index (χ2n) is 7.08. The standard InChI is InChI=1S/C18H28FN3O3S.HI/c1-5-20-17(22-9-10-26(23,24)18(3,4)13-22)21-12-14(2)25-16-8-6-7-15(19)11-16;/h6-8,11,14H,5,9-10,12-13H2,1-4H3,(H,20,21);1H. The van der Waals surface area contributed by atoms with Crippen LogP contribution in [0.25, 0.3) is 0 Å². The zero-order chi connectivity index (χ0) is 19.4. The van der Waals surface area contributed by atoms with Crippen LogP contribution in [0.2, 0.25) is 0 Å². The maximum absolute atomic E-state index is 13.2. The fourth-order valence-electron chi connectivity index (χ4n) is 2.78. The number of hydrogen-bond acceptors (Lipinski definition) is 4. The van der Waals surface area contributed by atoms with E-state index in [0.29, 0.717) is 37.9 Å². The lowest BCUT2D eigenvalue weighted by Gasteiger charge is -2.39.